The summed E-state index contributed by atoms with van der Waals surface area (Å²) in [5.41, 5.74) is 0.510. The first-order valence-corrected chi connectivity index (χ1v) is 8.11. The van der Waals surface area contributed by atoms with Crippen LogP contribution in [-0.2, 0) is 0 Å². The summed E-state index contributed by atoms with van der Waals surface area (Å²) < 4.78 is 27.8. The quantitative estimate of drug-likeness (QED) is 0.891. The maximum atomic E-state index is 14.2. The third-order valence-electron chi connectivity index (χ3n) is 5.15. The highest BCUT2D eigenvalue weighted by Crippen LogP contribution is 2.35. The van der Waals surface area contributed by atoms with Crippen molar-refractivity contribution in [2.45, 2.75) is 57.0 Å². The normalized spacial score (nSPS) is 25.3. The van der Waals surface area contributed by atoms with E-state index in [9.17, 15) is 8.78 Å². The van der Waals surface area contributed by atoms with Crippen LogP contribution in [0, 0.1) is 11.6 Å². The lowest BCUT2D eigenvalue weighted by Crippen LogP contribution is -2.65. The van der Waals surface area contributed by atoms with Crippen molar-refractivity contribution in [2.24, 2.45) is 0 Å². The van der Waals surface area contributed by atoms with Gasteiger partial charge in [-0.05, 0) is 31.4 Å². The maximum Gasteiger partial charge on any atom is 0.182 e. The average Bonchev–Trinajstić information content (AvgIpc) is 2.51. The van der Waals surface area contributed by atoms with E-state index in [1.165, 1.54) is 25.3 Å². The van der Waals surface area contributed by atoms with Crippen molar-refractivity contribution in [1.29, 1.82) is 0 Å². The van der Waals surface area contributed by atoms with Crippen LogP contribution in [0.2, 0.25) is 0 Å². The summed E-state index contributed by atoms with van der Waals surface area (Å²) >= 11 is 0. The molecule has 0 bridgehead atoms. The number of nitrogens with zero attached hydrogens (tertiary/aromatic N) is 1. The van der Waals surface area contributed by atoms with Crippen LogP contribution in [0.25, 0.3) is 0 Å². The smallest absolute Gasteiger partial charge is 0.182 e. The van der Waals surface area contributed by atoms with Crippen molar-refractivity contribution in [2.75, 3.05) is 18.0 Å². The van der Waals surface area contributed by atoms with Crippen molar-refractivity contribution < 1.29 is 8.78 Å². The Hall–Kier alpha value is -1.16. The summed E-state index contributed by atoms with van der Waals surface area (Å²) in [5, 5.41) is 3.71. The Kier molecular flexibility index (Phi) is 4.16. The molecule has 3 rings (SSSR count). The lowest BCUT2D eigenvalue weighted by Gasteiger charge is -2.50. The van der Waals surface area contributed by atoms with E-state index in [0.29, 0.717) is 5.69 Å². The zero-order valence-corrected chi connectivity index (χ0v) is 12.7. The fourth-order valence-electron chi connectivity index (χ4n) is 3.88. The van der Waals surface area contributed by atoms with Crippen LogP contribution < -0.4 is 10.2 Å². The van der Waals surface area contributed by atoms with E-state index in [2.05, 4.69) is 17.1 Å². The van der Waals surface area contributed by atoms with Crippen molar-refractivity contribution in [1.82, 2.24) is 5.32 Å². The molecule has 0 aromatic heterocycles. The van der Waals surface area contributed by atoms with Crippen molar-refractivity contribution in [3.63, 3.8) is 0 Å². The third-order valence-corrected chi connectivity index (χ3v) is 5.15. The molecule has 1 aromatic rings. The molecule has 2 fully saturated rings. The summed E-state index contributed by atoms with van der Waals surface area (Å²) in [6, 6.07) is 4.74. The fourth-order valence-corrected chi connectivity index (χ4v) is 3.88. The van der Waals surface area contributed by atoms with Gasteiger partial charge in [0.2, 0.25) is 0 Å². The molecule has 1 aliphatic carbocycles. The van der Waals surface area contributed by atoms with Gasteiger partial charge in [-0.15, -0.1) is 0 Å². The first kappa shape index (κ1) is 14.8. The second kappa shape index (κ2) is 5.91. The van der Waals surface area contributed by atoms with Crippen molar-refractivity contribution in [3.05, 3.63) is 29.8 Å². The van der Waals surface area contributed by atoms with Crippen molar-refractivity contribution >= 4 is 5.69 Å². The molecule has 1 saturated heterocycles. The Morgan fingerprint density at radius 1 is 1.24 bits per heavy atom. The standard InChI is InChI=1S/C17H24F2N2/c1-2-13-11-20-17(9-4-3-5-10-17)12-21(13)15-8-6-7-14(18)16(15)19/h6-8,13,20H,2-5,9-12H2,1H3. The molecule has 21 heavy (non-hydrogen) atoms. The van der Waals surface area contributed by atoms with Gasteiger partial charge in [-0.2, -0.15) is 0 Å². The summed E-state index contributed by atoms with van der Waals surface area (Å²) in [6.45, 7) is 3.74. The van der Waals surface area contributed by atoms with Gasteiger partial charge in [0.1, 0.15) is 0 Å². The number of halogens is 2. The highest BCUT2D eigenvalue weighted by atomic mass is 19.2. The Morgan fingerprint density at radius 2 is 2.00 bits per heavy atom. The predicted octanol–water partition coefficient (Wildman–Crippen LogP) is 3.86. The topological polar surface area (TPSA) is 15.3 Å². The van der Waals surface area contributed by atoms with Gasteiger partial charge in [-0.3, -0.25) is 0 Å². The molecule has 2 nitrogen and oxygen atoms in total. The van der Waals surface area contributed by atoms with Crippen LogP contribution >= 0.6 is 0 Å². The molecule has 1 unspecified atom stereocenters. The number of hydrogen-bond donors (Lipinski definition) is 1. The van der Waals surface area contributed by atoms with Crippen LogP contribution in [0.3, 0.4) is 0 Å². The van der Waals surface area contributed by atoms with Gasteiger partial charge in [-0.25, -0.2) is 8.78 Å². The van der Waals surface area contributed by atoms with Gasteiger partial charge >= 0.3 is 0 Å². The SMILES string of the molecule is CCC1CNC2(CCCCC2)CN1c1cccc(F)c1F. The molecular formula is C17H24F2N2. The van der Waals surface area contributed by atoms with Gasteiger partial charge in [0.15, 0.2) is 11.6 Å². The van der Waals surface area contributed by atoms with Crippen LogP contribution in [0.1, 0.15) is 45.4 Å². The van der Waals surface area contributed by atoms with E-state index < -0.39 is 11.6 Å². The largest absolute Gasteiger partial charge is 0.363 e. The maximum absolute atomic E-state index is 14.2. The van der Waals surface area contributed by atoms with E-state index >= 15 is 0 Å². The van der Waals surface area contributed by atoms with Crippen LogP contribution in [0.15, 0.2) is 18.2 Å². The molecule has 0 radical (unpaired) electrons. The Morgan fingerprint density at radius 3 is 2.71 bits per heavy atom. The monoisotopic (exact) mass is 294 g/mol. The van der Waals surface area contributed by atoms with Crippen LogP contribution in [0.4, 0.5) is 14.5 Å². The lowest BCUT2D eigenvalue weighted by molar-refractivity contribution is 0.195. The number of hydrogen-bond acceptors (Lipinski definition) is 2. The molecule has 0 amide bonds. The third kappa shape index (κ3) is 2.78. The summed E-state index contributed by atoms with van der Waals surface area (Å²) in [7, 11) is 0. The zero-order valence-electron chi connectivity index (χ0n) is 12.7. The first-order valence-electron chi connectivity index (χ1n) is 8.11. The molecule has 1 atom stereocenters. The van der Waals surface area contributed by atoms with Gasteiger partial charge in [-0.1, -0.05) is 32.3 Å². The molecule has 1 aromatic carbocycles. The van der Waals surface area contributed by atoms with Crippen molar-refractivity contribution in [3.8, 4) is 0 Å². The molecule has 2 aliphatic rings. The number of benzene rings is 1. The van der Waals surface area contributed by atoms with E-state index in [1.54, 1.807) is 12.1 Å². The van der Waals surface area contributed by atoms with Crippen LogP contribution in [-0.4, -0.2) is 24.7 Å². The average molecular weight is 294 g/mol. The first-order chi connectivity index (χ1) is 10.2. The van der Waals surface area contributed by atoms with Gasteiger partial charge in [0.25, 0.3) is 0 Å². The van der Waals surface area contributed by atoms with E-state index in [-0.39, 0.29) is 11.6 Å². The van der Waals surface area contributed by atoms with E-state index in [0.717, 1.165) is 32.4 Å². The summed E-state index contributed by atoms with van der Waals surface area (Å²) in [6.07, 6.45) is 6.94. The molecule has 1 spiro atoms. The summed E-state index contributed by atoms with van der Waals surface area (Å²) in [5.74, 6) is -1.46. The van der Waals surface area contributed by atoms with Crippen LogP contribution in [0.5, 0.6) is 0 Å². The van der Waals surface area contributed by atoms with Gasteiger partial charge in [0.05, 0.1) is 5.69 Å². The molecule has 4 heteroatoms. The number of rotatable bonds is 2. The zero-order chi connectivity index (χ0) is 14.9. The minimum absolute atomic E-state index is 0.0860. The second-order valence-electron chi connectivity index (χ2n) is 6.48. The summed E-state index contributed by atoms with van der Waals surface area (Å²) in [4.78, 5) is 2.10. The highest BCUT2D eigenvalue weighted by molar-refractivity contribution is 5.50. The second-order valence-corrected chi connectivity index (χ2v) is 6.48. The number of anilines is 1. The Balaban J connectivity index is 1.90. The van der Waals surface area contributed by atoms with E-state index in [4.69, 9.17) is 0 Å². The minimum Gasteiger partial charge on any atom is -0.363 e. The predicted molar refractivity (Wildman–Crippen MR) is 81.6 cm³/mol. The van der Waals surface area contributed by atoms with Gasteiger partial charge in [0, 0.05) is 24.7 Å². The fraction of sp³-hybridized carbons (Fsp3) is 0.647. The molecule has 1 heterocycles. The molecule has 116 valence electrons. The lowest BCUT2D eigenvalue weighted by atomic mass is 9.79. The minimum atomic E-state index is -0.751. The Bertz CT molecular complexity index is 498. The molecule has 1 N–H and O–H groups in total. The van der Waals surface area contributed by atoms with Gasteiger partial charge < -0.3 is 10.2 Å². The molecule has 1 aliphatic heterocycles. The van der Waals surface area contributed by atoms with E-state index in [1.807, 2.05) is 0 Å². The molecule has 1 saturated carbocycles. The number of piperazine rings is 1. The highest BCUT2D eigenvalue weighted by Gasteiger charge is 2.40. The number of nitrogens with one attached hydrogen (secondary N) is 1. The molecular weight excluding hydrogens is 270 g/mol. The Labute approximate surface area is 125 Å².